The molecule has 0 radical (unpaired) electrons. The van der Waals surface area contributed by atoms with Gasteiger partial charge in [-0.2, -0.15) is 0 Å². The molecule has 1 saturated heterocycles. The topological polar surface area (TPSA) is 66.5 Å². The summed E-state index contributed by atoms with van der Waals surface area (Å²) in [7, 11) is 0. The molecule has 1 aliphatic heterocycles. The van der Waals surface area contributed by atoms with Gasteiger partial charge in [-0.1, -0.05) is 29.8 Å². The Hall–Kier alpha value is -2.17. The Labute approximate surface area is 98.4 Å². The summed E-state index contributed by atoms with van der Waals surface area (Å²) in [5.74, 6) is -0.606. The summed E-state index contributed by atoms with van der Waals surface area (Å²) in [6.45, 7) is 1.69. The molecule has 5 heteroatoms. The number of Topliss-reactive ketones (excluding diaryl/α,β-unsaturated/α-hetero) is 1. The van der Waals surface area contributed by atoms with Gasteiger partial charge in [0.25, 0.3) is 0 Å². The van der Waals surface area contributed by atoms with E-state index in [2.05, 4.69) is 5.32 Å². The van der Waals surface area contributed by atoms with Crippen molar-refractivity contribution in [3.05, 3.63) is 35.4 Å². The fourth-order valence-electron chi connectivity index (χ4n) is 1.59. The summed E-state index contributed by atoms with van der Waals surface area (Å²) in [5.41, 5.74) is 1.56. The molecule has 0 aliphatic carbocycles. The maximum absolute atomic E-state index is 11.8. The molecule has 0 unspecified atom stereocenters. The second kappa shape index (κ2) is 4.37. The van der Waals surface area contributed by atoms with Crippen LogP contribution < -0.4 is 5.32 Å². The quantitative estimate of drug-likeness (QED) is 0.617. The number of aryl methyl sites for hydroxylation is 1. The highest BCUT2D eigenvalue weighted by Gasteiger charge is 2.30. The van der Waals surface area contributed by atoms with Gasteiger partial charge in [0.2, 0.25) is 5.91 Å². The van der Waals surface area contributed by atoms with Crippen molar-refractivity contribution in [1.82, 2.24) is 10.2 Å². The molecule has 1 aromatic carbocycles. The third kappa shape index (κ3) is 2.33. The van der Waals surface area contributed by atoms with Gasteiger partial charge in [0.1, 0.15) is 0 Å². The Bertz CT molecular complexity index is 463. The van der Waals surface area contributed by atoms with Crippen molar-refractivity contribution < 1.29 is 14.4 Å². The van der Waals surface area contributed by atoms with E-state index in [0.717, 1.165) is 10.5 Å². The van der Waals surface area contributed by atoms with Crippen LogP contribution in [0, 0.1) is 6.92 Å². The minimum atomic E-state index is -0.504. The number of benzene rings is 1. The third-order valence-corrected chi connectivity index (χ3v) is 2.61. The van der Waals surface area contributed by atoms with Gasteiger partial charge in [0.05, 0.1) is 13.1 Å². The van der Waals surface area contributed by atoms with Crippen LogP contribution >= 0.6 is 0 Å². The van der Waals surface area contributed by atoms with E-state index in [1.807, 2.05) is 19.1 Å². The highest BCUT2D eigenvalue weighted by atomic mass is 16.2. The lowest BCUT2D eigenvalue weighted by Crippen LogP contribution is -2.35. The zero-order valence-corrected chi connectivity index (χ0v) is 9.40. The van der Waals surface area contributed by atoms with E-state index in [9.17, 15) is 14.4 Å². The monoisotopic (exact) mass is 232 g/mol. The molecule has 2 rings (SSSR count). The normalized spacial score (nSPS) is 15.0. The predicted octanol–water partition coefficient (Wildman–Crippen LogP) is 0.730. The van der Waals surface area contributed by atoms with Crippen molar-refractivity contribution in [1.29, 1.82) is 0 Å². The van der Waals surface area contributed by atoms with E-state index in [1.165, 1.54) is 0 Å². The first-order valence-corrected chi connectivity index (χ1v) is 5.26. The molecule has 88 valence electrons. The van der Waals surface area contributed by atoms with Crippen molar-refractivity contribution in [2.75, 3.05) is 13.1 Å². The molecule has 0 bridgehead atoms. The summed E-state index contributed by atoms with van der Waals surface area (Å²) in [6, 6.07) is 6.51. The van der Waals surface area contributed by atoms with Crippen LogP contribution in [0.15, 0.2) is 24.3 Å². The number of amides is 3. The Morgan fingerprint density at radius 1 is 1.29 bits per heavy atom. The van der Waals surface area contributed by atoms with E-state index in [0.29, 0.717) is 5.56 Å². The van der Waals surface area contributed by atoms with Crippen LogP contribution in [0.4, 0.5) is 4.79 Å². The molecule has 0 saturated carbocycles. The molecule has 1 fully saturated rings. The smallest absolute Gasteiger partial charge is 0.325 e. The average Bonchev–Trinajstić information content (AvgIpc) is 2.61. The number of imide groups is 1. The minimum Gasteiger partial charge on any atom is -0.329 e. The second-order valence-electron chi connectivity index (χ2n) is 3.93. The summed E-state index contributed by atoms with van der Waals surface area (Å²) in [4.78, 5) is 35.3. The predicted molar refractivity (Wildman–Crippen MR) is 60.6 cm³/mol. The van der Waals surface area contributed by atoms with Gasteiger partial charge in [-0.25, -0.2) is 4.79 Å². The van der Waals surface area contributed by atoms with Crippen LogP contribution in [0.25, 0.3) is 0 Å². The van der Waals surface area contributed by atoms with Gasteiger partial charge in [0.15, 0.2) is 5.78 Å². The van der Waals surface area contributed by atoms with Gasteiger partial charge in [-0.15, -0.1) is 0 Å². The molecule has 0 atom stereocenters. The molecule has 3 amide bonds. The summed E-state index contributed by atoms with van der Waals surface area (Å²) in [6.07, 6.45) is 0. The van der Waals surface area contributed by atoms with E-state index in [4.69, 9.17) is 0 Å². The van der Waals surface area contributed by atoms with Crippen LogP contribution in [-0.4, -0.2) is 35.7 Å². The SMILES string of the molecule is Cc1ccc(C(=O)CN2C(=O)CNC2=O)cc1. The largest absolute Gasteiger partial charge is 0.329 e. The minimum absolute atomic E-state index is 0.0278. The van der Waals surface area contributed by atoms with E-state index >= 15 is 0 Å². The first kappa shape index (κ1) is 11.3. The zero-order chi connectivity index (χ0) is 12.4. The molecule has 1 N–H and O–H groups in total. The fourth-order valence-corrected chi connectivity index (χ4v) is 1.59. The van der Waals surface area contributed by atoms with Crippen LogP contribution in [-0.2, 0) is 4.79 Å². The first-order chi connectivity index (χ1) is 8.08. The number of urea groups is 1. The summed E-state index contributed by atoms with van der Waals surface area (Å²) >= 11 is 0. The van der Waals surface area contributed by atoms with Crippen LogP contribution in [0.5, 0.6) is 0 Å². The Morgan fingerprint density at radius 3 is 2.47 bits per heavy atom. The Morgan fingerprint density at radius 2 is 1.94 bits per heavy atom. The highest BCUT2D eigenvalue weighted by Crippen LogP contribution is 2.07. The van der Waals surface area contributed by atoms with E-state index in [-0.39, 0.29) is 24.8 Å². The van der Waals surface area contributed by atoms with Crippen molar-refractivity contribution in [2.45, 2.75) is 6.92 Å². The van der Waals surface area contributed by atoms with E-state index < -0.39 is 6.03 Å². The Balaban J connectivity index is 2.09. The zero-order valence-electron chi connectivity index (χ0n) is 9.40. The number of nitrogens with zero attached hydrogens (tertiary/aromatic N) is 1. The highest BCUT2D eigenvalue weighted by molar-refractivity contribution is 6.07. The summed E-state index contributed by atoms with van der Waals surface area (Å²) in [5, 5.41) is 2.37. The number of nitrogens with one attached hydrogen (secondary N) is 1. The second-order valence-corrected chi connectivity index (χ2v) is 3.93. The summed E-state index contributed by atoms with van der Waals surface area (Å²) < 4.78 is 0. The molecular formula is C12H12N2O3. The van der Waals surface area contributed by atoms with Crippen LogP contribution in [0.3, 0.4) is 0 Å². The number of carbonyl (C=O) groups is 3. The number of carbonyl (C=O) groups excluding carboxylic acids is 3. The van der Waals surface area contributed by atoms with Crippen molar-refractivity contribution in [2.24, 2.45) is 0 Å². The van der Waals surface area contributed by atoms with Crippen LogP contribution in [0.2, 0.25) is 0 Å². The number of ketones is 1. The maximum Gasteiger partial charge on any atom is 0.325 e. The maximum atomic E-state index is 11.8. The number of hydrogen-bond acceptors (Lipinski definition) is 3. The molecular weight excluding hydrogens is 220 g/mol. The lowest BCUT2D eigenvalue weighted by molar-refractivity contribution is -0.124. The Kier molecular flexibility index (Phi) is 2.91. The first-order valence-electron chi connectivity index (χ1n) is 5.26. The number of rotatable bonds is 3. The van der Waals surface area contributed by atoms with Crippen molar-refractivity contribution >= 4 is 17.7 Å². The van der Waals surface area contributed by atoms with Gasteiger partial charge in [-0.3, -0.25) is 14.5 Å². The van der Waals surface area contributed by atoms with Gasteiger partial charge in [-0.05, 0) is 6.92 Å². The lowest BCUT2D eigenvalue weighted by Gasteiger charge is -2.11. The third-order valence-electron chi connectivity index (χ3n) is 2.61. The number of hydrogen-bond donors (Lipinski definition) is 1. The molecule has 0 aromatic heterocycles. The lowest BCUT2D eigenvalue weighted by atomic mass is 10.1. The average molecular weight is 232 g/mol. The van der Waals surface area contributed by atoms with E-state index in [1.54, 1.807) is 12.1 Å². The molecule has 1 aliphatic rings. The molecule has 17 heavy (non-hydrogen) atoms. The van der Waals surface area contributed by atoms with Crippen molar-refractivity contribution in [3.63, 3.8) is 0 Å². The van der Waals surface area contributed by atoms with Gasteiger partial charge in [0, 0.05) is 5.56 Å². The molecule has 5 nitrogen and oxygen atoms in total. The van der Waals surface area contributed by atoms with Crippen molar-refractivity contribution in [3.8, 4) is 0 Å². The molecule has 0 spiro atoms. The fraction of sp³-hybridized carbons (Fsp3) is 0.250. The standard InChI is InChI=1S/C12H12N2O3/c1-8-2-4-9(5-3-8)10(15)7-14-11(16)6-13-12(14)17/h2-5H,6-7H2,1H3,(H,13,17). The van der Waals surface area contributed by atoms with Crippen LogP contribution in [0.1, 0.15) is 15.9 Å². The molecule has 1 aromatic rings. The molecule has 1 heterocycles. The van der Waals surface area contributed by atoms with Gasteiger partial charge < -0.3 is 5.32 Å². The van der Waals surface area contributed by atoms with Gasteiger partial charge >= 0.3 is 6.03 Å².